The van der Waals surface area contributed by atoms with Crippen molar-refractivity contribution in [2.75, 3.05) is 11.2 Å². The third-order valence-corrected chi connectivity index (χ3v) is 3.70. The van der Waals surface area contributed by atoms with E-state index in [1.807, 2.05) is 6.07 Å². The zero-order chi connectivity index (χ0) is 17.9. The van der Waals surface area contributed by atoms with E-state index < -0.39 is 0 Å². The van der Waals surface area contributed by atoms with Gasteiger partial charge in [-0.15, -0.1) is 5.10 Å². The van der Waals surface area contributed by atoms with Gasteiger partial charge in [0.1, 0.15) is 17.9 Å². The number of pyridine rings is 1. The van der Waals surface area contributed by atoms with Crippen LogP contribution in [0.5, 0.6) is 11.6 Å². The van der Waals surface area contributed by atoms with Gasteiger partial charge in [-0.25, -0.2) is 15.0 Å². The summed E-state index contributed by atoms with van der Waals surface area (Å²) in [5, 5.41) is 17.3. The third kappa shape index (κ3) is 3.10. The van der Waals surface area contributed by atoms with Crippen LogP contribution in [0.25, 0.3) is 10.9 Å². The molecule has 9 nitrogen and oxygen atoms in total. The first-order valence-corrected chi connectivity index (χ1v) is 7.78. The zero-order valence-electron chi connectivity index (χ0n) is 13.6. The van der Waals surface area contributed by atoms with E-state index in [-0.39, 0.29) is 6.61 Å². The molecule has 4 aromatic rings. The average molecular weight is 349 g/mol. The van der Waals surface area contributed by atoms with Gasteiger partial charge in [0.05, 0.1) is 18.3 Å². The predicted octanol–water partition coefficient (Wildman–Crippen LogP) is 1.96. The topological polar surface area (TPSA) is 124 Å². The Kier molecular flexibility index (Phi) is 4.04. The Morgan fingerprint density at radius 3 is 2.88 bits per heavy atom. The van der Waals surface area contributed by atoms with Gasteiger partial charge in [0.25, 0.3) is 0 Å². The molecule has 26 heavy (non-hydrogen) atoms. The van der Waals surface area contributed by atoms with Gasteiger partial charge in [0.15, 0.2) is 5.82 Å². The maximum atomic E-state index is 9.41. The lowest BCUT2D eigenvalue weighted by atomic mass is 10.2. The monoisotopic (exact) mass is 349 g/mol. The number of aliphatic hydroxyl groups is 1. The van der Waals surface area contributed by atoms with E-state index in [9.17, 15) is 5.11 Å². The van der Waals surface area contributed by atoms with Gasteiger partial charge in [-0.2, -0.15) is 4.79 Å². The fraction of sp³-hybridized carbons (Fsp3) is 0.0588. The lowest BCUT2D eigenvalue weighted by Crippen LogP contribution is -2.08. The number of benzene rings is 1. The van der Waals surface area contributed by atoms with Crippen molar-refractivity contribution in [3.8, 4) is 11.6 Å². The summed E-state index contributed by atoms with van der Waals surface area (Å²) in [7, 11) is 0. The number of fused-ring (bicyclic) bond motifs is 1. The first-order valence-electron chi connectivity index (χ1n) is 7.78. The second kappa shape index (κ2) is 6.65. The van der Waals surface area contributed by atoms with E-state index in [1.54, 1.807) is 42.7 Å². The van der Waals surface area contributed by atoms with E-state index in [1.165, 1.54) is 11.1 Å². The summed E-state index contributed by atoms with van der Waals surface area (Å²) in [6, 6.07) is 10.6. The molecule has 3 aromatic heterocycles. The molecule has 1 aromatic carbocycles. The van der Waals surface area contributed by atoms with Gasteiger partial charge in [-0.3, -0.25) is 0 Å². The minimum absolute atomic E-state index is 0.158. The number of nitrogens with two attached hydrogens (primary N) is 1. The number of rotatable bonds is 5. The molecule has 0 saturated heterocycles. The standard InChI is InChI=1S/C17H15N7O2/c18-24-7-5-15(23-24)22-16-13-8-12(3-4-14(13)20-10-21-16)26-17-11(9-25)2-1-6-19-17/h1-8,10,25H,9,18H2,(H,20,21,22,23). The molecule has 130 valence electrons. The SMILES string of the molecule is Nn1ccc(Nc2ncnc3ccc(Oc4ncccc4CO)cc23)n1. The molecule has 0 fully saturated rings. The van der Waals surface area contributed by atoms with Gasteiger partial charge >= 0.3 is 0 Å². The molecule has 0 saturated carbocycles. The van der Waals surface area contributed by atoms with Crippen molar-refractivity contribution in [3.63, 3.8) is 0 Å². The smallest absolute Gasteiger partial charge is 0.224 e. The molecule has 0 spiro atoms. The second-order valence-electron chi connectivity index (χ2n) is 5.44. The maximum absolute atomic E-state index is 9.41. The molecule has 4 N–H and O–H groups in total. The van der Waals surface area contributed by atoms with Crippen molar-refractivity contribution in [3.05, 3.63) is 60.7 Å². The number of anilines is 2. The van der Waals surface area contributed by atoms with Crippen LogP contribution in [0.15, 0.2) is 55.1 Å². The van der Waals surface area contributed by atoms with Crippen LogP contribution < -0.4 is 15.9 Å². The summed E-state index contributed by atoms with van der Waals surface area (Å²) in [6.07, 6.45) is 4.69. The van der Waals surface area contributed by atoms with Crippen molar-refractivity contribution >= 4 is 22.5 Å². The average Bonchev–Trinajstić information content (AvgIpc) is 3.07. The molecule has 4 rings (SSSR count). The Balaban J connectivity index is 1.70. The Bertz CT molecular complexity index is 1060. The molecule has 9 heteroatoms. The number of hydrogen-bond acceptors (Lipinski definition) is 8. The predicted molar refractivity (Wildman–Crippen MR) is 95.4 cm³/mol. The molecule has 0 aliphatic carbocycles. The number of hydrogen-bond donors (Lipinski definition) is 3. The van der Waals surface area contributed by atoms with Crippen LogP contribution in [0, 0.1) is 0 Å². The lowest BCUT2D eigenvalue weighted by molar-refractivity contribution is 0.275. The summed E-state index contributed by atoms with van der Waals surface area (Å²) in [5.74, 6) is 7.60. The summed E-state index contributed by atoms with van der Waals surface area (Å²) >= 11 is 0. The van der Waals surface area contributed by atoms with Gasteiger partial charge in [0, 0.05) is 23.2 Å². The van der Waals surface area contributed by atoms with E-state index >= 15 is 0 Å². The second-order valence-corrected chi connectivity index (χ2v) is 5.44. The Morgan fingerprint density at radius 2 is 2.08 bits per heavy atom. The fourth-order valence-electron chi connectivity index (χ4n) is 2.47. The summed E-state index contributed by atoms with van der Waals surface area (Å²) in [4.78, 5) is 13.9. The van der Waals surface area contributed by atoms with Gasteiger partial charge in [0.2, 0.25) is 5.88 Å². The van der Waals surface area contributed by atoms with Crippen LogP contribution in [0.1, 0.15) is 5.56 Å². The maximum Gasteiger partial charge on any atom is 0.224 e. The van der Waals surface area contributed by atoms with E-state index in [0.717, 1.165) is 10.9 Å². The van der Waals surface area contributed by atoms with Gasteiger partial charge in [-0.1, -0.05) is 0 Å². The number of nitrogen functional groups attached to an aromatic ring is 1. The Labute approximate surface area is 148 Å². The number of nitrogens with one attached hydrogen (secondary N) is 1. The van der Waals surface area contributed by atoms with Crippen molar-refractivity contribution < 1.29 is 9.84 Å². The van der Waals surface area contributed by atoms with E-state index in [2.05, 4.69) is 25.4 Å². The lowest BCUT2D eigenvalue weighted by Gasteiger charge is -2.10. The van der Waals surface area contributed by atoms with Crippen LogP contribution in [0.4, 0.5) is 11.6 Å². The quantitative estimate of drug-likeness (QED) is 0.467. The number of nitrogens with zero attached hydrogens (tertiary/aromatic N) is 5. The van der Waals surface area contributed by atoms with Crippen molar-refractivity contribution in [2.45, 2.75) is 6.61 Å². The molecule has 0 unspecified atom stereocenters. The normalized spacial score (nSPS) is 10.8. The highest BCUT2D eigenvalue weighted by Crippen LogP contribution is 2.29. The first kappa shape index (κ1) is 15.8. The molecule has 0 aliphatic heterocycles. The number of aromatic nitrogens is 5. The minimum Gasteiger partial charge on any atom is -0.439 e. The van der Waals surface area contributed by atoms with Crippen LogP contribution in [0.2, 0.25) is 0 Å². The van der Waals surface area contributed by atoms with Crippen molar-refractivity contribution in [2.24, 2.45) is 0 Å². The van der Waals surface area contributed by atoms with E-state index in [0.29, 0.717) is 28.8 Å². The van der Waals surface area contributed by atoms with Crippen molar-refractivity contribution in [1.82, 2.24) is 24.8 Å². The fourth-order valence-corrected chi connectivity index (χ4v) is 2.47. The van der Waals surface area contributed by atoms with Crippen LogP contribution in [0.3, 0.4) is 0 Å². The van der Waals surface area contributed by atoms with Gasteiger partial charge < -0.3 is 21.0 Å². The van der Waals surface area contributed by atoms with Crippen LogP contribution >= 0.6 is 0 Å². The highest BCUT2D eigenvalue weighted by atomic mass is 16.5. The molecule has 0 aliphatic rings. The Hall–Kier alpha value is -3.72. The molecular formula is C17H15N7O2. The molecule has 3 heterocycles. The van der Waals surface area contributed by atoms with Crippen LogP contribution in [-0.2, 0) is 6.61 Å². The summed E-state index contributed by atoms with van der Waals surface area (Å²) in [5.41, 5.74) is 1.34. The third-order valence-electron chi connectivity index (χ3n) is 3.70. The van der Waals surface area contributed by atoms with E-state index in [4.69, 9.17) is 10.6 Å². The zero-order valence-corrected chi connectivity index (χ0v) is 13.6. The highest BCUT2D eigenvalue weighted by Gasteiger charge is 2.10. The largest absolute Gasteiger partial charge is 0.439 e. The first-order chi connectivity index (χ1) is 12.7. The molecule has 0 radical (unpaired) electrons. The molecule has 0 bridgehead atoms. The highest BCUT2D eigenvalue weighted by molar-refractivity contribution is 5.91. The minimum atomic E-state index is -0.158. The number of ether oxygens (including phenoxy) is 1. The van der Waals surface area contributed by atoms with Crippen LogP contribution in [-0.4, -0.2) is 29.9 Å². The molecule has 0 amide bonds. The molecular weight excluding hydrogens is 334 g/mol. The summed E-state index contributed by atoms with van der Waals surface area (Å²) in [6.45, 7) is -0.158. The summed E-state index contributed by atoms with van der Waals surface area (Å²) < 4.78 is 5.82. The Morgan fingerprint density at radius 1 is 1.15 bits per heavy atom. The number of aliphatic hydroxyl groups excluding tert-OH is 1. The molecule has 0 atom stereocenters. The van der Waals surface area contributed by atoms with Crippen molar-refractivity contribution in [1.29, 1.82) is 0 Å². The van der Waals surface area contributed by atoms with Gasteiger partial charge in [-0.05, 0) is 30.3 Å².